The largest absolute Gasteiger partial charge is 0.497 e. The van der Waals surface area contributed by atoms with Gasteiger partial charge >= 0.3 is 0 Å². The standard InChI is InChI=1S/C21H20N4O/c1-14-6-4-7-15(2)18(14)23-20-19(16-8-10-17(26-3)11-9-16)24-21-22-12-5-13-25(20)21/h4-13,23H,1-3H3. The molecule has 0 amide bonds. The van der Waals surface area contributed by atoms with Gasteiger partial charge in [-0.25, -0.2) is 9.97 Å². The molecular formula is C21H20N4O. The number of aryl methyl sites for hydroxylation is 2. The average molecular weight is 344 g/mol. The van der Waals surface area contributed by atoms with Crippen molar-refractivity contribution in [1.29, 1.82) is 0 Å². The maximum absolute atomic E-state index is 5.27. The van der Waals surface area contributed by atoms with Gasteiger partial charge in [-0.1, -0.05) is 18.2 Å². The van der Waals surface area contributed by atoms with Gasteiger partial charge in [0, 0.05) is 23.6 Å². The molecule has 0 saturated carbocycles. The van der Waals surface area contributed by atoms with Gasteiger partial charge in [0.25, 0.3) is 0 Å². The minimum absolute atomic E-state index is 0.659. The number of nitrogens with zero attached hydrogens (tertiary/aromatic N) is 3. The minimum atomic E-state index is 0.659. The normalized spacial score (nSPS) is 10.9. The molecule has 26 heavy (non-hydrogen) atoms. The number of methoxy groups -OCH3 is 1. The number of fused-ring (bicyclic) bond motifs is 1. The molecule has 0 radical (unpaired) electrons. The highest BCUT2D eigenvalue weighted by molar-refractivity contribution is 5.80. The van der Waals surface area contributed by atoms with Crippen LogP contribution in [0.4, 0.5) is 11.5 Å². The molecule has 0 bridgehead atoms. The fourth-order valence-corrected chi connectivity index (χ4v) is 3.09. The smallest absolute Gasteiger partial charge is 0.235 e. The Morgan fingerprint density at radius 2 is 1.69 bits per heavy atom. The Hall–Kier alpha value is -3.34. The molecule has 0 fully saturated rings. The van der Waals surface area contributed by atoms with Crippen LogP contribution in [0.3, 0.4) is 0 Å². The van der Waals surface area contributed by atoms with Gasteiger partial charge in [-0.05, 0) is 55.3 Å². The number of anilines is 2. The molecule has 4 aromatic rings. The number of ether oxygens (including phenoxy) is 1. The number of aromatic nitrogens is 3. The topological polar surface area (TPSA) is 51.5 Å². The third-order valence-corrected chi connectivity index (χ3v) is 4.49. The Bertz CT molecular complexity index is 1050. The van der Waals surface area contributed by atoms with Gasteiger partial charge in [-0.2, -0.15) is 0 Å². The van der Waals surface area contributed by atoms with Gasteiger partial charge in [0.2, 0.25) is 5.78 Å². The molecule has 2 aromatic heterocycles. The first-order valence-corrected chi connectivity index (χ1v) is 8.48. The molecule has 0 aliphatic heterocycles. The lowest BCUT2D eigenvalue weighted by Crippen LogP contribution is -2.00. The summed E-state index contributed by atoms with van der Waals surface area (Å²) < 4.78 is 7.25. The van der Waals surface area contributed by atoms with Crippen LogP contribution >= 0.6 is 0 Å². The fraction of sp³-hybridized carbons (Fsp3) is 0.143. The van der Waals surface area contributed by atoms with Crippen molar-refractivity contribution in [3.8, 4) is 17.0 Å². The first-order valence-electron chi connectivity index (χ1n) is 8.48. The lowest BCUT2D eigenvalue weighted by atomic mass is 10.1. The molecule has 1 N–H and O–H groups in total. The fourth-order valence-electron chi connectivity index (χ4n) is 3.09. The van der Waals surface area contributed by atoms with Crippen LogP contribution in [-0.2, 0) is 0 Å². The van der Waals surface area contributed by atoms with E-state index in [4.69, 9.17) is 9.72 Å². The molecule has 0 aliphatic rings. The van der Waals surface area contributed by atoms with E-state index in [9.17, 15) is 0 Å². The van der Waals surface area contributed by atoms with Crippen molar-refractivity contribution < 1.29 is 4.74 Å². The van der Waals surface area contributed by atoms with E-state index >= 15 is 0 Å². The highest BCUT2D eigenvalue weighted by Crippen LogP contribution is 2.33. The zero-order valence-corrected chi connectivity index (χ0v) is 15.0. The molecule has 5 heteroatoms. The molecule has 0 atom stereocenters. The van der Waals surface area contributed by atoms with Crippen LogP contribution in [-0.4, -0.2) is 21.5 Å². The summed E-state index contributed by atoms with van der Waals surface area (Å²) in [6, 6.07) is 16.1. The van der Waals surface area contributed by atoms with Gasteiger partial charge in [-0.15, -0.1) is 0 Å². The molecular weight excluding hydrogens is 324 g/mol. The number of hydrogen-bond donors (Lipinski definition) is 1. The predicted octanol–water partition coefficient (Wildman–Crippen LogP) is 4.77. The third-order valence-electron chi connectivity index (χ3n) is 4.49. The summed E-state index contributed by atoms with van der Waals surface area (Å²) in [6.45, 7) is 4.20. The van der Waals surface area contributed by atoms with Crippen LogP contribution in [0.15, 0.2) is 60.9 Å². The Labute approximate surface area is 152 Å². The van der Waals surface area contributed by atoms with E-state index in [1.54, 1.807) is 13.3 Å². The second-order valence-electron chi connectivity index (χ2n) is 6.22. The first-order chi connectivity index (χ1) is 12.7. The minimum Gasteiger partial charge on any atom is -0.497 e. The van der Waals surface area contributed by atoms with Crippen molar-refractivity contribution in [3.63, 3.8) is 0 Å². The van der Waals surface area contributed by atoms with Crippen molar-refractivity contribution >= 4 is 17.3 Å². The van der Waals surface area contributed by atoms with Crippen LogP contribution < -0.4 is 10.1 Å². The molecule has 4 rings (SSSR count). The van der Waals surface area contributed by atoms with E-state index in [-0.39, 0.29) is 0 Å². The summed E-state index contributed by atoms with van der Waals surface area (Å²) in [6.07, 6.45) is 3.72. The Morgan fingerprint density at radius 3 is 2.38 bits per heavy atom. The van der Waals surface area contributed by atoms with Crippen molar-refractivity contribution in [2.75, 3.05) is 12.4 Å². The van der Waals surface area contributed by atoms with Crippen molar-refractivity contribution in [1.82, 2.24) is 14.4 Å². The van der Waals surface area contributed by atoms with Crippen molar-refractivity contribution in [2.24, 2.45) is 0 Å². The Balaban J connectivity index is 1.89. The molecule has 2 heterocycles. The SMILES string of the molecule is COc1ccc(-c2nc3ncccn3c2Nc2c(C)cccc2C)cc1. The zero-order valence-electron chi connectivity index (χ0n) is 15.0. The number of hydrogen-bond acceptors (Lipinski definition) is 4. The maximum Gasteiger partial charge on any atom is 0.235 e. The number of benzene rings is 2. The summed E-state index contributed by atoms with van der Waals surface area (Å²) in [7, 11) is 1.66. The van der Waals surface area contributed by atoms with E-state index < -0.39 is 0 Å². The van der Waals surface area contributed by atoms with E-state index in [0.717, 1.165) is 28.5 Å². The Kier molecular flexibility index (Phi) is 4.05. The van der Waals surface area contributed by atoms with Crippen LogP contribution in [0.25, 0.3) is 17.0 Å². The first kappa shape index (κ1) is 16.1. The van der Waals surface area contributed by atoms with Gasteiger partial charge in [0.15, 0.2) is 0 Å². The summed E-state index contributed by atoms with van der Waals surface area (Å²) >= 11 is 0. The summed E-state index contributed by atoms with van der Waals surface area (Å²) in [4.78, 5) is 9.14. The molecule has 2 aromatic carbocycles. The maximum atomic E-state index is 5.27. The number of imidazole rings is 1. The summed E-state index contributed by atoms with van der Waals surface area (Å²) in [5, 5.41) is 3.59. The zero-order chi connectivity index (χ0) is 18.1. The van der Waals surface area contributed by atoms with Crippen LogP contribution in [0.1, 0.15) is 11.1 Å². The van der Waals surface area contributed by atoms with Crippen LogP contribution in [0.2, 0.25) is 0 Å². The lowest BCUT2D eigenvalue weighted by molar-refractivity contribution is 0.415. The van der Waals surface area contributed by atoms with Crippen LogP contribution in [0, 0.1) is 13.8 Å². The second kappa shape index (κ2) is 6.52. The second-order valence-corrected chi connectivity index (χ2v) is 6.22. The number of nitrogens with one attached hydrogen (secondary N) is 1. The molecule has 0 unspecified atom stereocenters. The van der Waals surface area contributed by atoms with Crippen molar-refractivity contribution in [2.45, 2.75) is 13.8 Å². The highest BCUT2D eigenvalue weighted by atomic mass is 16.5. The number of para-hydroxylation sites is 1. The summed E-state index contributed by atoms with van der Waals surface area (Å²) in [5.41, 5.74) is 5.32. The molecule has 5 nitrogen and oxygen atoms in total. The highest BCUT2D eigenvalue weighted by Gasteiger charge is 2.16. The van der Waals surface area contributed by atoms with Gasteiger partial charge in [-0.3, -0.25) is 4.40 Å². The Morgan fingerprint density at radius 1 is 0.962 bits per heavy atom. The van der Waals surface area contributed by atoms with Gasteiger partial charge in [0.1, 0.15) is 17.3 Å². The predicted molar refractivity (Wildman–Crippen MR) is 104 cm³/mol. The van der Waals surface area contributed by atoms with Crippen molar-refractivity contribution in [3.05, 3.63) is 72.1 Å². The molecule has 0 spiro atoms. The molecule has 0 aliphatic carbocycles. The van der Waals surface area contributed by atoms with Crippen LogP contribution in [0.5, 0.6) is 5.75 Å². The summed E-state index contributed by atoms with van der Waals surface area (Å²) in [5.74, 6) is 2.38. The van der Waals surface area contributed by atoms with Gasteiger partial charge in [0.05, 0.1) is 7.11 Å². The third kappa shape index (κ3) is 2.77. The number of rotatable bonds is 4. The monoisotopic (exact) mass is 344 g/mol. The van der Waals surface area contributed by atoms with Gasteiger partial charge < -0.3 is 10.1 Å². The van der Waals surface area contributed by atoms with E-state index in [2.05, 4.69) is 42.3 Å². The van der Waals surface area contributed by atoms with E-state index in [1.165, 1.54) is 11.1 Å². The molecule has 0 saturated heterocycles. The quantitative estimate of drug-likeness (QED) is 0.580. The van der Waals surface area contributed by atoms with E-state index in [0.29, 0.717) is 5.78 Å². The average Bonchev–Trinajstić information content (AvgIpc) is 3.03. The molecule has 130 valence electrons. The van der Waals surface area contributed by atoms with E-state index in [1.807, 2.05) is 40.9 Å². The lowest BCUT2D eigenvalue weighted by Gasteiger charge is -2.14.